The van der Waals surface area contributed by atoms with Crippen molar-refractivity contribution in [2.45, 2.75) is 26.3 Å². The van der Waals surface area contributed by atoms with Crippen LogP contribution in [0, 0.1) is 6.92 Å². The molecule has 36 heavy (non-hydrogen) atoms. The van der Waals surface area contributed by atoms with Crippen molar-refractivity contribution in [3.05, 3.63) is 95.7 Å². The maximum absolute atomic E-state index is 13.5. The van der Waals surface area contributed by atoms with Crippen LogP contribution in [0.1, 0.15) is 34.3 Å². The fourth-order valence-electron chi connectivity index (χ4n) is 4.39. The van der Waals surface area contributed by atoms with Gasteiger partial charge in [0.05, 0.1) is 18.4 Å². The highest BCUT2D eigenvalue weighted by Crippen LogP contribution is 2.28. The number of ether oxygens (including phenoxy) is 1. The number of hydrogen-bond acceptors (Lipinski definition) is 4. The number of aromatic nitrogens is 2. The van der Waals surface area contributed by atoms with E-state index in [4.69, 9.17) is 9.84 Å². The summed E-state index contributed by atoms with van der Waals surface area (Å²) in [6.07, 6.45) is 3.25. The van der Waals surface area contributed by atoms with E-state index < -0.39 is 0 Å². The molecule has 3 aromatic carbocycles. The lowest BCUT2D eigenvalue weighted by Crippen LogP contribution is -2.23. The number of nitrogens with zero attached hydrogens (tertiary/aromatic N) is 3. The maximum Gasteiger partial charge on any atom is 0.259 e. The Kier molecular flexibility index (Phi) is 6.54. The standard InChI is InChI=1S/C29H28N4O3/c1-20-11-13-24(14-12-20)33-19-26(28(31-33)22-7-4-9-25(17-22)36-2)29(35)30-23-8-3-6-21(16-23)18-32-15-5-10-27(32)34/h3-4,6-9,11-14,16-17,19H,5,10,15,18H2,1-2H3,(H,30,35). The lowest BCUT2D eigenvalue weighted by molar-refractivity contribution is -0.128. The summed E-state index contributed by atoms with van der Waals surface area (Å²) < 4.78 is 7.11. The summed E-state index contributed by atoms with van der Waals surface area (Å²) in [5, 5.41) is 7.79. The summed E-state index contributed by atoms with van der Waals surface area (Å²) in [4.78, 5) is 27.4. The third kappa shape index (κ3) is 5.00. The van der Waals surface area contributed by atoms with Crippen molar-refractivity contribution >= 4 is 17.5 Å². The zero-order valence-electron chi connectivity index (χ0n) is 20.4. The fourth-order valence-corrected chi connectivity index (χ4v) is 4.39. The van der Waals surface area contributed by atoms with Crippen LogP contribution in [0.5, 0.6) is 5.75 Å². The minimum atomic E-state index is -0.263. The van der Waals surface area contributed by atoms with Gasteiger partial charge >= 0.3 is 0 Å². The van der Waals surface area contributed by atoms with Gasteiger partial charge in [-0.05, 0) is 55.3 Å². The number of rotatable bonds is 7. The predicted molar refractivity (Wildman–Crippen MR) is 139 cm³/mol. The van der Waals surface area contributed by atoms with Gasteiger partial charge in [0.25, 0.3) is 5.91 Å². The lowest BCUT2D eigenvalue weighted by Gasteiger charge is -2.16. The number of hydrogen-bond donors (Lipinski definition) is 1. The van der Waals surface area contributed by atoms with E-state index in [1.54, 1.807) is 18.0 Å². The topological polar surface area (TPSA) is 76.5 Å². The van der Waals surface area contributed by atoms with Gasteiger partial charge in [-0.3, -0.25) is 9.59 Å². The molecule has 2 amide bonds. The van der Waals surface area contributed by atoms with Crippen molar-refractivity contribution < 1.29 is 14.3 Å². The van der Waals surface area contributed by atoms with Crippen molar-refractivity contribution in [3.63, 3.8) is 0 Å². The van der Waals surface area contributed by atoms with Gasteiger partial charge in [0.1, 0.15) is 11.4 Å². The second-order valence-electron chi connectivity index (χ2n) is 8.98. The van der Waals surface area contributed by atoms with Crippen LogP contribution >= 0.6 is 0 Å². The molecule has 0 unspecified atom stereocenters. The summed E-state index contributed by atoms with van der Waals surface area (Å²) in [6.45, 7) is 3.35. The maximum atomic E-state index is 13.5. The fraction of sp³-hybridized carbons (Fsp3) is 0.207. The highest BCUT2D eigenvalue weighted by molar-refractivity contribution is 6.08. The first-order chi connectivity index (χ1) is 17.5. The Morgan fingerprint density at radius 3 is 2.61 bits per heavy atom. The normalized spacial score (nSPS) is 13.2. The third-order valence-electron chi connectivity index (χ3n) is 6.33. The van der Waals surface area contributed by atoms with Gasteiger partial charge < -0.3 is 15.0 Å². The number of carbonyl (C=O) groups excluding carboxylic acids is 2. The molecule has 2 heterocycles. The van der Waals surface area contributed by atoms with Gasteiger partial charge in [-0.1, -0.05) is 42.0 Å². The molecular weight excluding hydrogens is 452 g/mol. The molecule has 0 aliphatic carbocycles. The molecule has 1 saturated heterocycles. The van der Waals surface area contributed by atoms with Gasteiger partial charge in [-0.25, -0.2) is 4.68 Å². The van der Waals surface area contributed by atoms with Crippen molar-refractivity contribution in [2.75, 3.05) is 19.0 Å². The van der Waals surface area contributed by atoms with E-state index >= 15 is 0 Å². The summed E-state index contributed by atoms with van der Waals surface area (Å²) in [5.41, 5.74) is 5.45. The monoisotopic (exact) mass is 480 g/mol. The van der Waals surface area contributed by atoms with Crippen LogP contribution in [-0.4, -0.2) is 40.1 Å². The van der Waals surface area contributed by atoms with Crippen LogP contribution in [0.25, 0.3) is 16.9 Å². The Morgan fingerprint density at radius 1 is 1.06 bits per heavy atom. The zero-order chi connectivity index (χ0) is 25.1. The highest BCUT2D eigenvalue weighted by Gasteiger charge is 2.21. The van der Waals surface area contributed by atoms with Gasteiger partial charge in [-0.15, -0.1) is 0 Å². The van der Waals surface area contributed by atoms with Crippen molar-refractivity contribution in [2.24, 2.45) is 0 Å². The largest absolute Gasteiger partial charge is 0.497 e. The summed E-state index contributed by atoms with van der Waals surface area (Å²) in [6, 6.07) is 23.1. The summed E-state index contributed by atoms with van der Waals surface area (Å²) in [7, 11) is 1.61. The van der Waals surface area contributed by atoms with Crippen LogP contribution in [0.15, 0.2) is 79.0 Å². The zero-order valence-corrected chi connectivity index (χ0v) is 20.4. The Morgan fingerprint density at radius 2 is 1.86 bits per heavy atom. The van der Waals surface area contributed by atoms with E-state index in [9.17, 15) is 9.59 Å². The lowest BCUT2D eigenvalue weighted by atomic mass is 10.1. The Bertz CT molecular complexity index is 1410. The summed E-state index contributed by atoms with van der Waals surface area (Å²) >= 11 is 0. The van der Waals surface area contributed by atoms with Gasteiger partial charge in [0.2, 0.25) is 5.91 Å². The average molecular weight is 481 g/mol. The van der Waals surface area contributed by atoms with Gasteiger partial charge in [-0.2, -0.15) is 5.10 Å². The van der Waals surface area contributed by atoms with Crippen molar-refractivity contribution in [1.29, 1.82) is 0 Å². The van der Waals surface area contributed by atoms with Crippen LogP contribution in [0.3, 0.4) is 0 Å². The first-order valence-corrected chi connectivity index (χ1v) is 12.0. The molecule has 1 aliphatic heterocycles. The molecular formula is C29H28N4O3. The number of aryl methyl sites for hydroxylation is 1. The minimum absolute atomic E-state index is 0.177. The number of methoxy groups -OCH3 is 1. The SMILES string of the molecule is COc1cccc(-c2nn(-c3ccc(C)cc3)cc2C(=O)Nc2cccc(CN3CCCC3=O)c2)c1. The van der Waals surface area contributed by atoms with Crippen LogP contribution < -0.4 is 10.1 Å². The van der Waals surface area contributed by atoms with E-state index in [-0.39, 0.29) is 11.8 Å². The number of likely N-dealkylation sites (tertiary alicyclic amines) is 1. The van der Waals surface area contributed by atoms with Crippen LogP contribution in [-0.2, 0) is 11.3 Å². The summed E-state index contributed by atoms with van der Waals surface area (Å²) in [5.74, 6) is 0.601. The molecule has 1 aliphatic rings. The first kappa shape index (κ1) is 23.4. The van der Waals surface area contributed by atoms with Gasteiger partial charge in [0.15, 0.2) is 0 Å². The van der Waals surface area contributed by atoms with Crippen molar-refractivity contribution in [3.8, 4) is 22.7 Å². The molecule has 5 rings (SSSR count). The van der Waals surface area contributed by atoms with Crippen molar-refractivity contribution in [1.82, 2.24) is 14.7 Å². The van der Waals surface area contributed by atoms with Crippen LogP contribution in [0.2, 0.25) is 0 Å². The number of carbonyl (C=O) groups is 2. The van der Waals surface area contributed by atoms with Crippen LogP contribution in [0.4, 0.5) is 5.69 Å². The van der Waals surface area contributed by atoms with E-state index in [1.165, 1.54) is 0 Å². The van der Waals surface area contributed by atoms with E-state index in [1.807, 2.05) is 84.6 Å². The molecule has 1 N–H and O–H groups in total. The first-order valence-electron chi connectivity index (χ1n) is 12.0. The third-order valence-corrected chi connectivity index (χ3v) is 6.33. The Balaban J connectivity index is 1.46. The number of nitrogens with one attached hydrogen (secondary N) is 1. The smallest absolute Gasteiger partial charge is 0.259 e. The van der Waals surface area contributed by atoms with Gasteiger partial charge in [0, 0.05) is 37.0 Å². The molecule has 0 radical (unpaired) electrons. The van der Waals surface area contributed by atoms with E-state index in [0.29, 0.717) is 35.7 Å². The molecule has 0 spiro atoms. The second kappa shape index (κ2) is 10.1. The highest BCUT2D eigenvalue weighted by atomic mass is 16.5. The quantitative estimate of drug-likeness (QED) is 0.393. The second-order valence-corrected chi connectivity index (χ2v) is 8.98. The number of anilines is 1. The molecule has 1 aromatic heterocycles. The predicted octanol–water partition coefficient (Wildman–Crippen LogP) is 5.23. The molecule has 0 atom stereocenters. The molecule has 0 bridgehead atoms. The average Bonchev–Trinajstić information content (AvgIpc) is 3.51. The molecule has 4 aromatic rings. The molecule has 7 nitrogen and oxygen atoms in total. The molecule has 7 heteroatoms. The minimum Gasteiger partial charge on any atom is -0.497 e. The molecule has 0 saturated carbocycles. The molecule has 1 fully saturated rings. The number of amides is 2. The number of benzene rings is 3. The van der Waals surface area contributed by atoms with E-state index in [2.05, 4.69) is 5.32 Å². The molecule has 182 valence electrons. The Labute approximate surface area is 210 Å². The van der Waals surface area contributed by atoms with E-state index in [0.717, 1.165) is 35.3 Å². The Hall–Kier alpha value is -4.39.